The van der Waals surface area contributed by atoms with Gasteiger partial charge in [-0.15, -0.1) is 0 Å². The van der Waals surface area contributed by atoms with Crippen molar-refractivity contribution in [1.82, 2.24) is 4.98 Å². The molecule has 15 heavy (non-hydrogen) atoms. The summed E-state index contributed by atoms with van der Waals surface area (Å²) in [5.41, 5.74) is 1.22. The van der Waals surface area contributed by atoms with E-state index in [4.69, 9.17) is 11.6 Å². The third kappa shape index (κ3) is 2.63. The Balaban J connectivity index is 2.09. The fourth-order valence-corrected chi connectivity index (χ4v) is 2.39. The van der Waals surface area contributed by atoms with E-state index < -0.39 is 0 Å². The molecule has 1 unspecified atom stereocenters. The minimum absolute atomic E-state index is 0.589. The fourth-order valence-electron chi connectivity index (χ4n) is 2.22. The van der Waals surface area contributed by atoms with Crippen molar-refractivity contribution in [2.75, 3.05) is 18.0 Å². The molecule has 3 heteroatoms. The SMILES string of the molecule is CCC1CCCN(c2ccnc(Cl)c2)C1. The summed E-state index contributed by atoms with van der Waals surface area (Å²) >= 11 is 5.90. The average molecular weight is 225 g/mol. The minimum Gasteiger partial charge on any atom is -0.371 e. The molecular formula is C12H17ClN2. The highest BCUT2D eigenvalue weighted by Crippen LogP contribution is 2.25. The van der Waals surface area contributed by atoms with E-state index in [9.17, 15) is 0 Å². The van der Waals surface area contributed by atoms with Crippen molar-refractivity contribution in [1.29, 1.82) is 0 Å². The van der Waals surface area contributed by atoms with Gasteiger partial charge in [-0.3, -0.25) is 0 Å². The number of hydrogen-bond donors (Lipinski definition) is 0. The Bertz CT molecular complexity index is 327. The molecule has 0 N–H and O–H groups in total. The van der Waals surface area contributed by atoms with E-state index >= 15 is 0 Å². The van der Waals surface area contributed by atoms with Crippen LogP contribution in [0.3, 0.4) is 0 Å². The van der Waals surface area contributed by atoms with Crippen LogP contribution in [0.4, 0.5) is 5.69 Å². The Morgan fingerprint density at radius 1 is 1.60 bits per heavy atom. The molecule has 1 saturated heterocycles. The standard InChI is InChI=1S/C12H17ClN2/c1-2-10-4-3-7-15(9-10)11-5-6-14-12(13)8-11/h5-6,8,10H,2-4,7,9H2,1H3. The van der Waals surface area contributed by atoms with Gasteiger partial charge in [0.15, 0.2) is 0 Å². The largest absolute Gasteiger partial charge is 0.371 e. The van der Waals surface area contributed by atoms with E-state index in [-0.39, 0.29) is 0 Å². The number of piperidine rings is 1. The molecule has 2 rings (SSSR count). The zero-order chi connectivity index (χ0) is 10.7. The van der Waals surface area contributed by atoms with E-state index in [0.29, 0.717) is 5.15 Å². The van der Waals surface area contributed by atoms with Crippen LogP contribution in [-0.4, -0.2) is 18.1 Å². The van der Waals surface area contributed by atoms with E-state index in [2.05, 4.69) is 16.8 Å². The van der Waals surface area contributed by atoms with Crippen LogP contribution in [0.2, 0.25) is 5.15 Å². The first-order chi connectivity index (χ1) is 7.29. The second-order valence-electron chi connectivity index (χ2n) is 4.20. The monoisotopic (exact) mass is 224 g/mol. The first-order valence-electron chi connectivity index (χ1n) is 5.66. The first kappa shape index (κ1) is 10.7. The second-order valence-corrected chi connectivity index (χ2v) is 4.59. The molecule has 0 radical (unpaired) electrons. The average Bonchev–Trinajstić information content (AvgIpc) is 2.29. The summed E-state index contributed by atoms with van der Waals surface area (Å²) in [6, 6.07) is 4.00. The fraction of sp³-hybridized carbons (Fsp3) is 0.583. The first-order valence-corrected chi connectivity index (χ1v) is 6.04. The molecule has 82 valence electrons. The molecule has 1 atom stereocenters. The van der Waals surface area contributed by atoms with Gasteiger partial charge in [-0.25, -0.2) is 4.98 Å². The molecule has 0 aliphatic carbocycles. The molecule has 2 heterocycles. The summed E-state index contributed by atoms with van der Waals surface area (Å²) < 4.78 is 0. The van der Waals surface area contributed by atoms with Crippen LogP contribution in [0.1, 0.15) is 26.2 Å². The van der Waals surface area contributed by atoms with Gasteiger partial charge in [-0.2, -0.15) is 0 Å². The number of rotatable bonds is 2. The molecule has 0 spiro atoms. The van der Waals surface area contributed by atoms with Crippen LogP contribution in [0.15, 0.2) is 18.3 Å². The number of pyridine rings is 1. The van der Waals surface area contributed by atoms with E-state index in [1.54, 1.807) is 6.20 Å². The van der Waals surface area contributed by atoms with Gasteiger partial charge in [0.25, 0.3) is 0 Å². The molecule has 1 aromatic rings. The van der Waals surface area contributed by atoms with Gasteiger partial charge in [0, 0.05) is 25.0 Å². The lowest BCUT2D eigenvalue weighted by atomic mass is 9.95. The maximum atomic E-state index is 5.90. The van der Waals surface area contributed by atoms with Crippen LogP contribution in [0, 0.1) is 5.92 Å². The van der Waals surface area contributed by atoms with Gasteiger partial charge in [0.1, 0.15) is 5.15 Å². The van der Waals surface area contributed by atoms with Gasteiger partial charge >= 0.3 is 0 Å². The number of halogens is 1. The van der Waals surface area contributed by atoms with Gasteiger partial charge in [-0.1, -0.05) is 24.9 Å². The lowest BCUT2D eigenvalue weighted by molar-refractivity contribution is 0.404. The molecule has 0 bridgehead atoms. The number of hydrogen-bond acceptors (Lipinski definition) is 2. The Morgan fingerprint density at radius 3 is 3.20 bits per heavy atom. The summed E-state index contributed by atoms with van der Waals surface area (Å²) in [5.74, 6) is 0.839. The summed E-state index contributed by atoms with van der Waals surface area (Å²) in [5, 5.41) is 0.589. The second kappa shape index (κ2) is 4.84. The zero-order valence-electron chi connectivity index (χ0n) is 9.12. The molecule has 0 amide bonds. The summed E-state index contributed by atoms with van der Waals surface area (Å²) in [6.07, 6.45) is 5.72. The van der Waals surface area contributed by atoms with Crippen LogP contribution < -0.4 is 4.90 Å². The molecule has 1 aromatic heterocycles. The molecular weight excluding hydrogens is 208 g/mol. The van der Waals surface area contributed by atoms with Crippen LogP contribution >= 0.6 is 11.6 Å². The Morgan fingerprint density at radius 2 is 2.47 bits per heavy atom. The van der Waals surface area contributed by atoms with Gasteiger partial charge < -0.3 is 4.90 Å². The lowest BCUT2D eigenvalue weighted by Crippen LogP contribution is -2.35. The third-order valence-corrected chi connectivity index (χ3v) is 3.38. The Kier molecular flexibility index (Phi) is 3.47. The van der Waals surface area contributed by atoms with Crippen LogP contribution in [-0.2, 0) is 0 Å². The maximum Gasteiger partial charge on any atom is 0.131 e. The van der Waals surface area contributed by atoms with Crippen molar-refractivity contribution in [3.05, 3.63) is 23.5 Å². The van der Waals surface area contributed by atoms with Gasteiger partial charge in [0.2, 0.25) is 0 Å². The van der Waals surface area contributed by atoms with Crippen molar-refractivity contribution in [2.45, 2.75) is 26.2 Å². The molecule has 0 aromatic carbocycles. The molecule has 0 saturated carbocycles. The smallest absolute Gasteiger partial charge is 0.131 e. The molecule has 1 aliphatic rings. The Hall–Kier alpha value is -0.760. The zero-order valence-corrected chi connectivity index (χ0v) is 9.87. The van der Waals surface area contributed by atoms with Gasteiger partial charge in [0.05, 0.1) is 0 Å². The number of aromatic nitrogens is 1. The van der Waals surface area contributed by atoms with E-state index in [1.807, 2.05) is 12.1 Å². The van der Waals surface area contributed by atoms with Crippen molar-refractivity contribution < 1.29 is 0 Å². The molecule has 2 nitrogen and oxygen atoms in total. The van der Waals surface area contributed by atoms with Crippen LogP contribution in [0.5, 0.6) is 0 Å². The van der Waals surface area contributed by atoms with Crippen molar-refractivity contribution in [3.8, 4) is 0 Å². The molecule has 1 aliphatic heterocycles. The number of anilines is 1. The summed E-state index contributed by atoms with van der Waals surface area (Å²) in [6.45, 7) is 4.58. The highest BCUT2D eigenvalue weighted by molar-refractivity contribution is 6.29. The molecule has 1 fully saturated rings. The van der Waals surface area contributed by atoms with Crippen LogP contribution in [0.25, 0.3) is 0 Å². The number of nitrogens with zero attached hydrogens (tertiary/aromatic N) is 2. The summed E-state index contributed by atoms with van der Waals surface area (Å²) in [4.78, 5) is 6.43. The normalized spacial score (nSPS) is 21.7. The Labute approximate surface area is 96.3 Å². The van der Waals surface area contributed by atoms with E-state index in [0.717, 1.165) is 19.0 Å². The maximum absolute atomic E-state index is 5.90. The van der Waals surface area contributed by atoms with Crippen molar-refractivity contribution in [2.24, 2.45) is 5.92 Å². The highest BCUT2D eigenvalue weighted by Gasteiger charge is 2.18. The summed E-state index contributed by atoms with van der Waals surface area (Å²) in [7, 11) is 0. The predicted octanol–water partition coefficient (Wildman–Crippen LogP) is 3.36. The third-order valence-electron chi connectivity index (χ3n) is 3.17. The topological polar surface area (TPSA) is 16.1 Å². The predicted molar refractivity (Wildman–Crippen MR) is 64.5 cm³/mol. The van der Waals surface area contributed by atoms with Gasteiger partial charge in [-0.05, 0) is 30.9 Å². The lowest BCUT2D eigenvalue weighted by Gasteiger charge is -2.34. The van der Waals surface area contributed by atoms with E-state index in [1.165, 1.54) is 24.9 Å². The highest BCUT2D eigenvalue weighted by atomic mass is 35.5. The minimum atomic E-state index is 0.589. The quantitative estimate of drug-likeness (QED) is 0.717. The van der Waals surface area contributed by atoms with Crippen molar-refractivity contribution >= 4 is 17.3 Å². The van der Waals surface area contributed by atoms with Crippen molar-refractivity contribution in [3.63, 3.8) is 0 Å².